The van der Waals surface area contributed by atoms with Crippen molar-refractivity contribution in [2.45, 2.75) is 110 Å². The molecular weight excluding hydrogens is 289 g/mol. The van der Waals surface area contributed by atoms with Crippen molar-refractivity contribution in [3.63, 3.8) is 0 Å². The molecule has 23 heavy (non-hydrogen) atoms. The van der Waals surface area contributed by atoms with Crippen molar-refractivity contribution >= 4 is 7.32 Å². The molecule has 0 unspecified atom stereocenters. The van der Waals surface area contributed by atoms with Crippen LogP contribution in [0.5, 0.6) is 0 Å². The first-order valence-corrected chi connectivity index (χ1v) is 10.0. The Morgan fingerprint density at radius 3 is 1.30 bits per heavy atom. The van der Waals surface area contributed by atoms with Crippen LogP contribution in [0.15, 0.2) is 0 Å². The van der Waals surface area contributed by atoms with Gasteiger partial charge in [-0.1, -0.05) is 103 Å². The van der Waals surface area contributed by atoms with Crippen molar-refractivity contribution < 1.29 is 14.8 Å². The lowest BCUT2D eigenvalue weighted by Gasteiger charge is -2.05. The molecule has 0 amide bonds. The van der Waals surface area contributed by atoms with Gasteiger partial charge in [0.05, 0.1) is 0 Å². The molecule has 0 fully saturated rings. The molecule has 0 heterocycles. The molecule has 0 spiro atoms. The molecule has 138 valence electrons. The van der Waals surface area contributed by atoms with Gasteiger partial charge >= 0.3 is 7.32 Å². The van der Waals surface area contributed by atoms with Gasteiger partial charge in [-0.05, 0) is 6.42 Å². The number of rotatable bonds is 19. The molecule has 0 atom stereocenters. The SMILES string of the molecule is CCCCCCCCCCCCCCCCCCNOB(O)O. The van der Waals surface area contributed by atoms with E-state index in [1.54, 1.807) is 0 Å². The van der Waals surface area contributed by atoms with Crippen LogP contribution in [0.4, 0.5) is 0 Å². The summed E-state index contributed by atoms with van der Waals surface area (Å²) in [4.78, 5) is 0. The van der Waals surface area contributed by atoms with Crippen molar-refractivity contribution in [3.05, 3.63) is 0 Å². The van der Waals surface area contributed by atoms with Gasteiger partial charge in [-0.2, -0.15) is 0 Å². The van der Waals surface area contributed by atoms with Gasteiger partial charge in [0.15, 0.2) is 0 Å². The van der Waals surface area contributed by atoms with E-state index in [2.05, 4.69) is 17.2 Å². The van der Waals surface area contributed by atoms with E-state index >= 15 is 0 Å². The Morgan fingerprint density at radius 2 is 0.957 bits per heavy atom. The molecule has 0 aromatic carbocycles. The molecule has 0 aromatic heterocycles. The van der Waals surface area contributed by atoms with E-state index < -0.39 is 7.32 Å². The van der Waals surface area contributed by atoms with Crippen LogP contribution in [-0.4, -0.2) is 23.9 Å². The zero-order valence-electron chi connectivity index (χ0n) is 15.4. The highest BCUT2D eigenvalue weighted by atomic mass is 16.7. The standard InChI is InChI=1S/C18H40BNO3/c1-2-3-4-5-6-7-8-9-10-11-12-13-14-15-16-17-18-20-23-19(21)22/h20-22H,2-18H2,1H3. The molecule has 0 aromatic rings. The van der Waals surface area contributed by atoms with Crippen LogP contribution in [0.1, 0.15) is 110 Å². The molecule has 4 nitrogen and oxygen atoms in total. The molecule has 0 radical (unpaired) electrons. The first-order valence-electron chi connectivity index (χ1n) is 10.0. The quantitative estimate of drug-likeness (QED) is 0.182. The van der Waals surface area contributed by atoms with Crippen molar-refractivity contribution in [1.29, 1.82) is 0 Å². The molecule has 0 bridgehead atoms. The third kappa shape index (κ3) is 21.9. The highest BCUT2D eigenvalue weighted by Gasteiger charge is 2.06. The Morgan fingerprint density at radius 1 is 0.609 bits per heavy atom. The molecular formula is C18H40BNO3. The van der Waals surface area contributed by atoms with Gasteiger partial charge in [0.25, 0.3) is 0 Å². The summed E-state index contributed by atoms with van der Waals surface area (Å²) < 4.78 is 4.43. The lowest BCUT2D eigenvalue weighted by Crippen LogP contribution is -2.28. The van der Waals surface area contributed by atoms with E-state index in [1.165, 1.54) is 96.3 Å². The van der Waals surface area contributed by atoms with Gasteiger partial charge in [-0.3, -0.25) is 0 Å². The van der Waals surface area contributed by atoms with Crippen LogP contribution >= 0.6 is 0 Å². The van der Waals surface area contributed by atoms with Gasteiger partial charge in [0.2, 0.25) is 0 Å². The van der Waals surface area contributed by atoms with Crippen LogP contribution in [0.2, 0.25) is 0 Å². The molecule has 3 N–H and O–H groups in total. The lowest BCUT2D eigenvalue weighted by molar-refractivity contribution is 0.108. The van der Waals surface area contributed by atoms with Crippen LogP contribution in [-0.2, 0) is 4.76 Å². The summed E-state index contributed by atoms with van der Waals surface area (Å²) in [5.74, 6) is 0. The predicted octanol–water partition coefficient (Wildman–Crippen LogP) is 4.74. The van der Waals surface area contributed by atoms with Gasteiger partial charge < -0.3 is 14.8 Å². The van der Waals surface area contributed by atoms with E-state index in [1.807, 2.05) is 0 Å². The first kappa shape index (κ1) is 22.9. The average molecular weight is 329 g/mol. The van der Waals surface area contributed by atoms with Gasteiger partial charge in [-0.15, -0.1) is 0 Å². The number of hydroxylamine groups is 1. The minimum absolute atomic E-state index is 0.677. The normalized spacial score (nSPS) is 11.1. The second kappa shape index (κ2) is 20.0. The van der Waals surface area contributed by atoms with Crippen molar-refractivity contribution in [2.24, 2.45) is 0 Å². The third-order valence-corrected chi connectivity index (χ3v) is 4.32. The van der Waals surface area contributed by atoms with Gasteiger partial charge in [0.1, 0.15) is 0 Å². The highest BCUT2D eigenvalue weighted by molar-refractivity contribution is 6.32. The summed E-state index contributed by atoms with van der Waals surface area (Å²) in [6.07, 6.45) is 21.7. The van der Waals surface area contributed by atoms with E-state index in [4.69, 9.17) is 10.0 Å². The molecule has 0 aliphatic carbocycles. The Balaban J connectivity index is 2.95. The summed E-state index contributed by atoms with van der Waals surface area (Å²) in [6, 6.07) is 0. The summed E-state index contributed by atoms with van der Waals surface area (Å²) in [7, 11) is -1.71. The fraction of sp³-hybridized carbons (Fsp3) is 1.00. The minimum Gasteiger partial charge on any atom is -0.401 e. The van der Waals surface area contributed by atoms with Crippen molar-refractivity contribution in [1.82, 2.24) is 5.48 Å². The molecule has 0 rings (SSSR count). The zero-order chi connectivity index (χ0) is 17.0. The van der Waals surface area contributed by atoms with E-state index in [0.29, 0.717) is 6.54 Å². The summed E-state index contributed by atoms with van der Waals surface area (Å²) >= 11 is 0. The lowest BCUT2D eigenvalue weighted by atomic mass is 10.0. The van der Waals surface area contributed by atoms with E-state index in [9.17, 15) is 0 Å². The summed E-state index contributed by atoms with van der Waals surface area (Å²) in [6.45, 7) is 2.95. The zero-order valence-corrected chi connectivity index (χ0v) is 15.4. The Hall–Kier alpha value is -0.0951. The number of nitrogens with one attached hydrogen (secondary N) is 1. The first-order chi connectivity index (χ1) is 11.3. The Bertz CT molecular complexity index is 218. The average Bonchev–Trinajstić information content (AvgIpc) is 2.53. The summed E-state index contributed by atoms with van der Waals surface area (Å²) in [5, 5.41) is 16.9. The molecule has 0 aliphatic heterocycles. The maximum absolute atomic E-state index is 8.46. The number of hydrogen-bond acceptors (Lipinski definition) is 4. The molecule has 0 saturated carbocycles. The van der Waals surface area contributed by atoms with Crippen LogP contribution in [0.25, 0.3) is 0 Å². The van der Waals surface area contributed by atoms with Gasteiger partial charge in [-0.25, -0.2) is 5.48 Å². The maximum Gasteiger partial charge on any atom is 0.651 e. The third-order valence-electron chi connectivity index (χ3n) is 4.32. The monoisotopic (exact) mass is 329 g/mol. The number of unbranched alkanes of at least 4 members (excludes halogenated alkanes) is 15. The second-order valence-corrected chi connectivity index (χ2v) is 6.64. The fourth-order valence-electron chi connectivity index (χ4n) is 2.88. The largest absolute Gasteiger partial charge is 0.651 e. The maximum atomic E-state index is 8.46. The smallest absolute Gasteiger partial charge is 0.401 e. The van der Waals surface area contributed by atoms with Crippen molar-refractivity contribution in [2.75, 3.05) is 6.54 Å². The van der Waals surface area contributed by atoms with Crippen LogP contribution in [0, 0.1) is 0 Å². The predicted molar refractivity (Wildman–Crippen MR) is 98.8 cm³/mol. The Labute approximate surface area is 144 Å². The van der Waals surface area contributed by atoms with Gasteiger partial charge in [0, 0.05) is 6.54 Å². The van der Waals surface area contributed by atoms with Crippen LogP contribution < -0.4 is 5.48 Å². The molecule has 5 heteroatoms. The minimum atomic E-state index is -1.71. The van der Waals surface area contributed by atoms with Crippen LogP contribution in [0.3, 0.4) is 0 Å². The van der Waals surface area contributed by atoms with E-state index in [-0.39, 0.29) is 0 Å². The highest BCUT2D eigenvalue weighted by Crippen LogP contribution is 2.13. The van der Waals surface area contributed by atoms with E-state index in [0.717, 1.165) is 6.42 Å². The molecule has 0 saturated heterocycles. The number of hydrogen-bond donors (Lipinski definition) is 3. The second-order valence-electron chi connectivity index (χ2n) is 6.64. The summed E-state index contributed by atoms with van der Waals surface area (Å²) in [5.41, 5.74) is 2.53. The topological polar surface area (TPSA) is 61.7 Å². The molecule has 0 aliphatic rings. The Kier molecular flexibility index (Phi) is 19.9. The van der Waals surface area contributed by atoms with Crippen molar-refractivity contribution in [3.8, 4) is 0 Å². The fourth-order valence-corrected chi connectivity index (χ4v) is 2.88.